The maximum atomic E-state index is 12.6. The summed E-state index contributed by atoms with van der Waals surface area (Å²) < 4.78 is 0. The molecule has 1 aromatic heterocycles. The van der Waals surface area contributed by atoms with Crippen LogP contribution < -0.4 is 21.7 Å². The van der Waals surface area contributed by atoms with Crippen molar-refractivity contribution in [2.24, 2.45) is 11.7 Å². The van der Waals surface area contributed by atoms with Crippen LogP contribution in [0.4, 0.5) is 0 Å². The Labute approximate surface area is 150 Å². The van der Waals surface area contributed by atoms with Crippen LogP contribution in [0.25, 0.3) is 0 Å². The molecule has 1 aromatic rings. The van der Waals surface area contributed by atoms with Gasteiger partial charge in [0, 0.05) is 24.7 Å². The molecule has 0 bridgehead atoms. The molecule has 0 aliphatic carbocycles. The molecule has 26 heavy (non-hydrogen) atoms. The lowest BCUT2D eigenvalue weighted by Crippen LogP contribution is -2.57. The highest BCUT2D eigenvalue weighted by Gasteiger charge is 2.32. The van der Waals surface area contributed by atoms with Crippen LogP contribution in [0.2, 0.25) is 0 Å². The van der Waals surface area contributed by atoms with Gasteiger partial charge in [0.15, 0.2) is 0 Å². The second kappa shape index (κ2) is 8.45. The number of carbonyl (C=O) groups is 4. The van der Waals surface area contributed by atoms with Crippen molar-refractivity contribution in [3.63, 3.8) is 0 Å². The van der Waals surface area contributed by atoms with Crippen molar-refractivity contribution in [1.82, 2.24) is 25.9 Å². The molecule has 10 heteroatoms. The summed E-state index contributed by atoms with van der Waals surface area (Å²) in [6, 6.07) is -2.47. The van der Waals surface area contributed by atoms with E-state index in [0.717, 1.165) is 0 Å². The number of amides is 4. The van der Waals surface area contributed by atoms with Crippen molar-refractivity contribution >= 4 is 23.6 Å². The third kappa shape index (κ3) is 5.04. The topological polar surface area (TPSA) is 159 Å². The van der Waals surface area contributed by atoms with Crippen molar-refractivity contribution in [3.05, 3.63) is 18.2 Å². The van der Waals surface area contributed by atoms with Gasteiger partial charge in [0.2, 0.25) is 23.6 Å². The van der Waals surface area contributed by atoms with Gasteiger partial charge in [0.05, 0.1) is 6.33 Å². The molecule has 0 saturated carbocycles. The highest BCUT2D eigenvalue weighted by Crippen LogP contribution is 2.08. The second-order valence-corrected chi connectivity index (χ2v) is 6.63. The second-order valence-electron chi connectivity index (χ2n) is 6.63. The molecule has 1 saturated heterocycles. The number of hydrogen-bond acceptors (Lipinski definition) is 5. The van der Waals surface area contributed by atoms with Crippen LogP contribution in [0, 0.1) is 5.92 Å². The van der Waals surface area contributed by atoms with Gasteiger partial charge in [-0.25, -0.2) is 4.98 Å². The quantitative estimate of drug-likeness (QED) is 0.373. The first-order chi connectivity index (χ1) is 12.3. The zero-order valence-electron chi connectivity index (χ0n) is 14.7. The number of H-pyrrole nitrogens is 1. The Balaban J connectivity index is 2.09. The molecule has 4 amide bonds. The first kappa shape index (κ1) is 19.4. The maximum absolute atomic E-state index is 12.6. The summed E-state index contributed by atoms with van der Waals surface area (Å²) in [6.07, 6.45) is 3.80. The number of aromatic nitrogens is 2. The van der Waals surface area contributed by atoms with E-state index in [1.807, 2.05) is 0 Å². The van der Waals surface area contributed by atoms with Crippen molar-refractivity contribution < 1.29 is 19.2 Å². The average molecular weight is 364 g/mol. The van der Waals surface area contributed by atoms with Gasteiger partial charge in [-0.15, -0.1) is 0 Å². The van der Waals surface area contributed by atoms with E-state index in [0.29, 0.717) is 12.1 Å². The summed E-state index contributed by atoms with van der Waals surface area (Å²) in [5, 5.41) is 7.78. The van der Waals surface area contributed by atoms with Gasteiger partial charge in [-0.2, -0.15) is 0 Å². The summed E-state index contributed by atoms with van der Waals surface area (Å²) in [4.78, 5) is 54.6. The Kier molecular flexibility index (Phi) is 6.31. The molecule has 1 aliphatic rings. The smallest absolute Gasteiger partial charge is 0.243 e. The zero-order chi connectivity index (χ0) is 19.3. The molecular formula is C16H24N6O4. The van der Waals surface area contributed by atoms with Crippen LogP contribution in [0.15, 0.2) is 12.5 Å². The molecule has 3 atom stereocenters. The molecule has 2 heterocycles. The van der Waals surface area contributed by atoms with Crippen LogP contribution in [-0.2, 0) is 25.6 Å². The maximum Gasteiger partial charge on any atom is 0.243 e. The molecule has 10 nitrogen and oxygen atoms in total. The predicted octanol–water partition coefficient (Wildman–Crippen LogP) is -1.66. The van der Waals surface area contributed by atoms with Crippen molar-refractivity contribution in [2.75, 3.05) is 0 Å². The van der Waals surface area contributed by atoms with E-state index in [1.54, 1.807) is 13.8 Å². The van der Waals surface area contributed by atoms with Crippen LogP contribution in [0.1, 0.15) is 32.4 Å². The Bertz CT molecular complexity index is 672. The van der Waals surface area contributed by atoms with Gasteiger partial charge in [-0.3, -0.25) is 19.2 Å². The number of carbonyl (C=O) groups excluding carboxylic acids is 4. The minimum atomic E-state index is -0.943. The molecule has 142 valence electrons. The van der Waals surface area contributed by atoms with Crippen LogP contribution in [-0.4, -0.2) is 51.7 Å². The molecule has 0 aromatic carbocycles. The number of hydrogen-bond donors (Lipinski definition) is 5. The summed E-state index contributed by atoms with van der Waals surface area (Å²) in [5.74, 6) is -2.03. The lowest BCUT2D eigenvalue weighted by atomic mass is 10.0. The van der Waals surface area contributed by atoms with E-state index >= 15 is 0 Å². The van der Waals surface area contributed by atoms with E-state index in [9.17, 15) is 19.2 Å². The average Bonchev–Trinajstić information content (AvgIpc) is 3.22. The number of aromatic amines is 1. The summed E-state index contributed by atoms with van der Waals surface area (Å²) in [5.41, 5.74) is 5.97. The zero-order valence-corrected chi connectivity index (χ0v) is 14.7. The number of nitrogens with two attached hydrogens (primary N) is 1. The van der Waals surface area contributed by atoms with Crippen molar-refractivity contribution in [1.29, 1.82) is 0 Å². The normalized spacial score (nSPS) is 18.9. The highest BCUT2D eigenvalue weighted by molar-refractivity contribution is 5.95. The van der Waals surface area contributed by atoms with E-state index in [4.69, 9.17) is 5.73 Å². The summed E-state index contributed by atoms with van der Waals surface area (Å²) in [6.45, 7) is 3.51. The monoisotopic (exact) mass is 364 g/mol. The Hall–Kier alpha value is -2.91. The molecule has 2 rings (SSSR count). The Morgan fingerprint density at radius 1 is 1.35 bits per heavy atom. The molecule has 0 radical (unpaired) electrons. The van der Waals surface area contributed by atoms with Gasteiger partial charge in [-0.1, -0.05) is 13.8 Å². The fraction of sp³-hybridized carbons (Fsp3) is 0.562. The minimum absolute atomic E-state index is 0.155. The summed E-state index contributed by atoms with van der Waals surface area (Å²) >= 11 is 0. The number of rotatable bonds is 8. The van der Waals surface area contributed by atoms with Gasteiger partial charge in [0.25, 0.3) is 0 Å². The molecule has 0 unspecified atom stereocenters. The highest BCUT2D eigenvalue weighted by atomic mass is 16.2. The SMILES string of the molecule is CC(C)[C@H](NC(=O)[C@H](Cc1cnc[nH]1)NC(=O)[C@@H]1CCC(=O)N1)C(N)=O. The largest absolute Gasteiger partial charge is 0.368 e. The predicted molar refractivity (Wildman–Crippen MR) is 91.4 cm³/mol. The van der Waals surface area contributed by atoms with Gasteiger partial charge in [0.1, 0.15) is 18.1 Å². The van der Waals surface area contributed by atoms with Gasteiger partial charge >= 0.3 is 0 Å². The van der Waals surface area contributed by atoms with Gasteiger partial charge < -0.3 is 26.7 Å². The van der Waals surface area contributed by atoms with Crippen LogP contribution >= 0.6 is 0 Å². The van der Waals surface area contributed by atoms with E-state index < -0.39 is 35.8 Å². The van der Waals surface area contributed by atoms with Gasteiger partial charge in [-0.05, 0) is 12.3 Å². The third-order valence-electron chi connectivity index (χ3n) is 4.19. The minimum Gasteiger partial charge on any atom is -0.368 e. The lowest BCUT2D eigenvalue weighted by molar-refractivity contribution is -0.132. The first-order valence-corrected chi connectivity index (χ1v) is 8.44. The Morgan fingerprint density at radius 2 is 2.08 bits per heavy atom. The van der Waals surface area contributed by atoms with Crippen molar-refractivity contribution in [3.8, 4) is 0 Å². The lowest BCUT2D eigenvalue weighted by Gasteiger charge is -2.24. The molecule has 6 N–H and O–H groups in total. The first-order valence-electron chi connectivity index (χ1n) is 8.44. The molecular weight excluding hydrogens is 340 g/mol. The molecule has 1 aliphatic heterocycles. The van der Waals surface area contributed by atoms with E-state index in [1.165, 1.54) is 12.5 Å². The van der Waals surface area contributed by atoms with E-state index in [-0.39, 0.29) is 24.7 Å². The Morgan fingerprint density at radius 3 is 2.58 bits per heavy atom. The van der Waals surface area contributed by atoms with Crippen LogP contribution in [0.5, 0.6) is 0 Å². The number of nitrogens with one attached hydrogen (secondary N) is 4. The summed E-state index contributed by atoms with van der Waals surface area (Å²) in [7, 11) is 0. The van der Waals surface area contributed by atoms with E-state index in [2.05, 4.69) is 25.9 Å². The standard InChI is InChI=1S/C16H24N6O4/c1-8(2)13(14(17)24)22-16(26)11(5-9-6-18-7-19-9)21-15(25)10-3-4-12(23)20-10/h6-8,10-11,13H,3-5H2,1-2H3,(H2,17,24)(H,18,19)(H,20,23)(H,21,25)(H,22,26)/t10-,11-,13-/m0/s1. The molecule has 0 spiro atoms. The number of nitrogens with zero attached hydrogens (tertiary/aromatic N) is 1. The van der Waals surface area contributed by atoms with Crippen molar-refractivity contribution in [2.45, 2.75) is 51.2 Å². The number of primary amides is 1. The molecule has 1 fully saturated rings. The van der Waals surface area contributed by atoms with Crippen LogP contribution in [0.3, 0.4) is 0 Å². The fourth-order valence-corrected chi connectivity index (χ4v) is 2.73. The number of imidazole rings is 1. The fourth-order valence-electron chi connectivity index (χ4n) is 2.73. The third-order valence-corrected chi connectivity index (χ3v) is 4.19.